The molecule has 0 aliphatic carbocycles. The molecule has 0 fully saturated rings. The zero-order valence-corrected chi connectivity index (χ0v) is 14.0. The summed E-state index contributed by atoms with van der Waals surface area (Å²) in [5.74, 6) is -0.716. The molecule has 0 radical (unpaired) electrons. The number of esters is 1. The van der Waals surface area contributed by atoms with Gasteiger partial charge in [0.15, 0.2) is 0 Å². The van der Waals surface area contributed by atoms with Crippen LogP contribution in [0, 0.1) is 0 Å². The van der Waals surface area contributed by atoms with Crippen molar-refractivity contribution in [3.8, 4) is 0 Å². The second kappa shape index (κ2) is 7.79. The van der Waals surface area contributed by atoms with Crippen LogP contribution >= 0.6 is 23.2 Å². The summed E-state index contributed by atoms with van der Waals surface area (Å²) in [6.45, 7) is 2.09. The van der Waals surface area contributed by atoms with E-state index < -0.39 is 11.6 Å². The Balaban J connectivity index is 2.58. The lowest BCUT2D eigenvalue weighted by atomic mass is 9.86. The smallest absolute Gasteiger partial charge is 0.351 e. The molecule has 0 heterocycles. The van der Waals surface area contributed by atoms with E-state index in [1.165, 1.54) is 0 Å². The van der Waals surface area contributed by atoms with Gasteiger partial charge in [0, 0.05) is 21.2 Å². The SMILES string of the molecule is CCCOC(=O)C(OO)(c1ccc(Cl)cc1)c1ccc(Cl)cc1. The molecule has 0 aliphatic rings. The van der Waals surface area contributed by atoms with E-state index in [-0.39, 0.29) is 6.61 Å². The molecular formula is C17H16Cl2O4. The van der Waals surface area contributed by atoms with Crippen LogP contribution in [-0.2, 0) is 20.0 Å². The highest BCUT2D eigenvalue weighted by molar-refractivity contribution is 6.30. The zero-order chi connectivity index (χ0) is 16.9. The van der Waals surface area contributed by atoms with Crippen LogP contribution in [0.5, 0.6) is 0 Å². The van der Waals surface area contributed by atoms with Crippen LogP contribution in [0.15, 0.2) is 48.5 Å². The van der Waals surface area contributed by atoms with Crippen molar-refractivity contribution in [2.24, 2.45) is 0 Å². The summed E-state index contributed by atoms with van der Waals surface area (Å²) >= 11 is 11.8. The quantitative estimate of drug-likeness (QED) is 0.464. The highest BCUT2D eigenvalue weighted by Crippen LogP contribution is 2.36. The molecule has 0 aliphatic heterocycles. The average molecular weight is 355 g/mol. The number of rotatable bonds is 6. The van der Waals surface area contributed by atoms with Gasteiger partial charge in [-0.15, -0.1) is 0 Å². The van der Waals surface area contributed by atoms with E-state index in [9.17, 15) is 10.1 Å². The number of halogens is 2. The predicted octanol–water partition coefficient (Wildman–Crippen LogP) is 4.68. The first-order valence-corrected chi connectivity index (χ1v) is 7.82. The Morgan fingerprint density at radius 3 is 1.78 bits per heavy atom. The molecule has 4 nitrogen and oxygen atoms in total. The van der Waals surface area contributed by atoms with Crippen LogP contribution in [0.3, 0.4) is 0 Å². The first-order chi connectivity index (χ1) is 11.0. The lowest BCUT2D eigenvalue weighted by molar-refractivity contribution is -0.311. The Kier molecular flexibility index (Phi) is 6.02. The molecule has 0 spiro atoms. The fourth-order valence-corrected chi connectivity index (χ4v) is 2.46. The molecule has 2 rings (SSSR count). The third kappa shape index (κ3) is 3.67. The van der Waals surface area contributed by atoms with Crippen molar-refractivity contribution in [1.82, 2.24) is 0 Å². The van der Waals surface area contributed by atoms with Gasteiger partial charge in [-0.2, -0.15) is 0 Å². The Morgan fingerprint density at radius 2 is 1.43 bits per heavy atom. The highest BCUT2D eigenvalue weighted by Gasteiger charge is 2.46. The maximum absolute atomic E-state index is 12.7. The van der Waals surface area contributed by atoms with Gasteiger partial charge in [0.05, 0.1) is 6.61 Å². The normalized spacial score (nSPS) is 11.3. The molecule has 0 aromatic heterocycles. The molecule has 2 aromatic rings. The summed E-state index contributed by atoms with van der Waals surface area (Å²) in [5.41, 5.74) is -1.01. The number of hydrogen-bond donors (Lipinski definition) is 1. The molecule has 0 bridgehead atoms. The van der Waals surface area contributed by atoms with E-state index in [4.69, 9.17) is 27.9 Å². The van der Waals surface area contributed by atoms with Crippen LogP contribution in [0.2, 0.25) is 10.0 Å². The van der Waals surface area contributed by atoms with Crippen LogP contribution in [0.1, 0.15) is 24.5 Å². The van der Waals surface area contributed by atoms with Gasteiger partial charge in [0.1, 0.15) is 0 Å². The third-order valence-electron chi connectivity index (χ3n) is 3.36. The van der Waals surface area contributed by atoms with Gasteiger partial charge in [-0.3, -0.25) is 0 Å². The summed E-state index contributed by atoms with van der Waals surface area (Å²) in [4.78, 5) is 17.3. The van der Waals surface area contributed by atoms with Crippen LogP contribution < -0.4 is 0 Å². The predicted molar refractivity (Wildman–Crippen MR) is 88.6 cm³/mol. The van der Waals surface area contributed by atoms with Gasteiger partial charge in [0.25, 0.3) is 0 Å². The van der Waals surface area contributed by atoms with Crippen LogP contribution in [-0.4, -0.2) is 17.8 Å². The van der Waals surface area contributed by atoms with Gasteiger partial charge in [-0.05, 0) is 30.7 Å². The molecule has 0 saturated heterocycles. The summed E-state index contributed by atoms with van der Waals surface area (Å²) < 4.78 is 5.23. The Hall–Kier alpha value is -1.59. The summed E-state index contributed by atoms with van der Waals surface area (Å²) in [6, 6.07) is 12.8. The average Bonchev–Trinajstić information content (AvgIpc) is 2.57. The minimum Gasteiger partial charge on any atom is -0.463 e. The second-order valence-corrected chi connectivity index (χ2v) is 5.80. The fraction of sp³-hybridized carbons (Fsp3) is 0.235. The Labute approximate surface area is 144 Å². The standard InChI is InChI=1S/C17H16Cl2O4/c1-2-11-22-16(20)17(23-21,12-3-7-14(18)8-4-12)13-5-9-15(19)10-6-13/h3-10,21H,2,11H2,1H3. The van der Waals surface area contributed by atoms with E-state index in [1.807, 2.05) is 6.92 Å². The van der Waals surface area contributed by atoms with Crippen molar-refractivity contribution in [2.45, 2.75) is 18.9 Å². The monoisotopic (exact) mass is 354 g/mol. The Morgan fingerprint density at radius 1 is 1.00 bits per heavy atom. The van der Waals surface area contributed by atoms with Crippen molar-refractivity contribution in [2.75, 3.05) is 6.61 Å². The van der Waals surface area contributed by atoms with E-state index in [0.29, 0.717) is 27.6 Å². The molecule has 122 valence electrons. The molecule has 23 heavy (non-hydrogen) atoms. The van der Waals surface area contributed by atoms with Crippen LogP contribution in [0.25, 0.3) is 0 Å². The van der Waals surface area contributed by atoms with Crippen molar-refractivity contribution in [3.63, 3.8) is 0 Å². The van der Waals surface area contributed by atoms with E-state index >= 15 is 0 Å². The molecule has 0 atom stereocenters. The Bertz CT molecular complexity index is 608. The minimum absolute atomic E-state index is 0.213. The number of ether oxygens (including phenoxy) is 1. The van der Waals surface area contributed by atoms with Crippen LogP contribution in [0.4, 0.5) is 0 Å². The van der Waals surface area contributed by atoms with Crippen molar-refractivity contribution in [1.29, 1.82) is 0 Å². The van der Waals surface area contributed by atoms with Crippen molar-refractivity contribution in [3.05, 3.63) is 69.7 Å². The topological polar surface area (TPSA) is 55.8 Å². The zero-order valence-electron chi connectivity index (χ0n) is 12.5. The maximum atomic E-state index is 12.7. The van der Waals surface area contributed by atoms with Gasteiger partial charge >= 0.3 is 5.97 Å². The number of hydrogen-bond acceptors (Lipinski definition) is 4. The molecule has 0 unspecified atom stereocenters. The second-order valence-electron chi connectivity index (χ2n) is 4.92. The van der Waals surface area contributed by atoms with Crippen molar-refractivity contribution >= 4 is 29.2 Å². The largest absolute Gasteiger partial charge is 0.463 e. The molecule has 1 N–H and O–H groups in total. The van der Waals surface area contributed by atoms with E-state index in [2.05, 4.69) is 4.89 Å². The summed E-state index contributed by atoms with van der Waals surface area (Å²) in [7, 11) is 0. The molecule has 0 amide bonds. The van der Waals surface area contributed by atoms with Gasteiger partial charge in [0.2, 0.25) is 5.60 Å². The fourth-order valence-electron chi connectivity index (χ4n) is 2.21. The summed E-state index contributed by atoms with van der Waals surface area (Å²) in [6.07, 6.45) is 0.647. The molecule has 2 aromatic carbocycles. The minimum atomic E-state index is -1.80. The lowest BCUT2D eigenvalue weighted by Crippen LogP contribution is -2.41. The first-order valence-electron chi connectivity index (χ1n) is 7.06. The molecule has 6 heteroatoms. The molecular weight excluding hydrogens is 339 g/mol. The number of carbonyl (C=O) groups excluding carboxylic acids is 1. The van der Waals surface area contributed by atoms with Gasteiger partial charge < -0.3 is 4.74 Å². The van der Waals surface area contributed by atoms with Crippen molar-refractivity contribution < 1.29 is 19.7 Å². The number of carbonyl (C=O) groups is 1. The highest BCUT2D eigenvalue weighted by atomic mass is 35.5. The summed E-state index contributed by atoms with van der Waals surface area (Å²) in [5, 5.41) is 10.6. The molecule has 0 saturated carbocycles. The maximum Gasteiger partial charge on any atom is 0.351 e. The lowest BCUT2D eigenvalue weighted by Gasteiger charge is -2.29. The number of benzene rings is 2. The third-order valence-corrected chi connectivity index (χ3v) is 3.87. The first kappa shape index (κ1) is 17.8. The van der Waals surface area contributed by atoms with E-state index in [0.717, 1.165) is 0 Å². The van der Waals surface area contributed by atoms with Gasteiger partial charge in [-0.25, -0.2) is 14.9 Å². The van der Waals surface area contributed by atoms with Gasteiger partial charge in [-0.1, -0.05) is 54.4 Å². The van der Waals surface area contributed by atoms with E-state index in [1.54, 1.807) is 48.5 Å².